The molecule has 106 valence electrons. The van der Waals surface area contributed by atoms with Crippen LogP contribution in [0.25, 0.3) is 0 Å². The lowest BCUT2D eigenvalue weighted by Gasteiger charge is -2.28. The molecule has 0 spiro atoms. The fourth-order valence-corrected chi connectivity index (χ4v) is 2.59. The third kappa shape index (κ3) is 4.94. The molecular weight excluding hydrogens is 226 g/mol. The Bertz CT molecular complexity index is 255. The van der Waals surface area contributed by atoms with Crippen LogP contribution in [0.3, 0.4) is 0 Å². The second-order valence-corrected chi connectivity index (χ2v) is 5.56. The summed E-state index contributed by atoms with van der Waals surface area (Å²) in [5, 5.41) is 3.29. The number of carbonyl (C=O) groups is 1. The molecule has 18 heavy (non-hydrogen) atoms. The van der Waals surface area contributed by atoms with Gasteiger partial charge in [-0.15, -0.1) is 0 Å². The van der Waals surface area contributed by atoms with Crippen molar-refractivity contribution in [2.45, 2.75) is 52.1 Å². The second-order valence-electron chi connectivity index (χ2n) is 5.56. The van der Waals surface area contributed by atoms with Crippen LogP contribution in [0.5, 0.6) is 0 Å². The summed E-state index contributed by atoms with van der Waals surface area (Å²) in [5.74, 6) is 0.256. The molecule has 0 aliphatic carbocycles. The Morgan fingerprint density at radius 3 is 2.83 bits per heavy atom. The number of nitrogens with zero attached hydrogens (tertiary/aromatic N) is 2. The third-order valence-electron chi connectivity index (χ3n) is 3.71. The quantitative estimate of drug-likeness (QED) is 0.745. The zero-order valence-corrected chi connectivity index (χ0v) is 12.4. The number of likely N-dealkylation sites (tertiary alicyclic amines) is 1. The Hall–Kier alpha value is -0.610. The fourth-order valence-electron chi connectivity index (χ4n) is 2.59. The first kappa shape index (κ1) is 15.4. The van der Waals surface area contributed by atoms with Crippen molar-refractivity contribution in [2.75, 3.05) is 33.2 Å². The van der Waals surface area contributed by atoms with Gasteiger partial charge in [-0.1, -0.05) is 20.8 Å². The Morgan fingerprint density at radius 1 is 1.50 bits per heavy atom. The van der Waals surface area contributed by atoms with E-state index in [1.165, 1.54) is 19.4 Å². The van der Waals surface area contributed by atoms with Gasteiger partial charge in [-0.25, -0.2) is 0 Å². The standard InChI is InChI=1S/C14H29N3O/c1-5-17-10-6-7-13(17)11-16(4)14(18)8-9-15-12(2)3/h12-13,15H,5-11H2,1-4H3. The van der Waals surface area contributed by atoms with Gasteiger partial charge in [-0.05, 0) is 25.9 Å². The molecule has 1 atom stereocenters. The van der Waals surface area contributed by atoms with Gasteiger partial charge in [0.1, 0.15) is 0 Å². The third-order valence-corrected chi connectivity index (χ3v) is 3.71. The number of likely N-dealkylation sites (N-methyl/N-ethyl adjacent to an activating group) is 2. The Morgan fingerprint density at radius 2 is 2.22 bits per heavy atom. The number of amides is 1. The molecule has 0 radical (unpaired) electrons. The highest BCUT2D eigenvalue weighted by atomic mass is 16.2. The zero-order chi connectivity index (χ0) is 13.5. The highest BCUT2D eigenvalue weighted by Crippen LogP contribution is 2.17. The monoisotopic (exact) mass is 255 g/mol. The van der Waals surface area contributed by atoms with E-state index in [0.717, 1.165) is 19.6 Å². The van der Waals surface area contributed by atoms with Crippen molar-refractivity contribution in [3.8, 4) is 0 Å². The van der Waals surface area contributed by atoms with Crippen molar-refractivity contribution < 1.29 is 4.79 Å². The average molecular weight is 255 g/mol. The Balaban J connectivity index is 2.26. The molecule has 1 aliphatic heterocycles. The highest BCUT2D eigenvalue weighted by molar-refractivity contribution is 5.76. The summed E-state index contributed by atoms with van der Waals surface area (Å²) >= 11 is 0. The maximum Gasteiger partial charge on any atom is 0.223 e. The van der Waals surface area contributed by atoms with E-state index in [2.05, 4.69) is 31.0 Å². The van der Waals surface area contributed by atoms with Gasteiger partial charge in [0.15, 0.2) is 0 Å². The molecule has 1 saturated heterocycles. The minimum atomic E-state index is 0.256. The summed E-state index contributed by atoms with van der Waals surface area (Å²) in [6, 6.07) is 1.02. The zero-order valence-electron chi connectivity index (χ0n) is 12.4. The molecule has 0 bridgehead atoms. The van der Waals surface area contributed by atoms with E-state index in [9.17, 15) is 4.79 Å². The van der Waals surface area contributed by atoms with Crippen molar-refractivity contribution in [3.63, 3.8) is 0 Å². The fraction of sp³-hybridized carbons (Fsp3) is 0.929. The molecule has 1 aliphatic rings. The minimum absolute atomic E-state index is 0.256. The van der Waals surface area contributed by atoms with E-state index in [0.29, 0.717) is 18.5 Å². The summed E-state index contributed by atoms with van der Waals surface area (Å²) < 4.78 is 0. The Kier molecular flexibility index (Phi) is 6.65. The summed E-state index contributed by atoms with van der Waals surface area (Å²) in [6.07, 6.45) is 3.11. The van der Waals surface area contributed by atoms with E-state index in [1.54, 1.807) is 0 Å². The predicted octanol–water partition coefficient (Wildman–Crippen LogP) is 1.32. The lowest BCUT2D eigenvalue weighted by atomic mass is 10.2. The maximum atomic E-state index is 12.0. The van der Waals surface area contributed by atoms with Gasteiger partial charge in [-0.2, -0.15) is 0 Å². The van der Waals surface area contributed by atoms with Crippen LogP contribution in [-0.4, -0.2) is 61.0 Å². The molecule has 4 nitrogen and oxygen atoms in total. The van der Waals surface area contributed by atoms with Crippen LogP contribution in [0.1, 0.15) is 40.0 Å². The molecule has 1 N–H and O–H groups in total. The minimum Gasteiger partial charge on any atom is -0.344 e. The smallest absolute Gasteiger partial charge is 0.223 e. The van der Waals surface area contributed by atoms with Crippen LogP contribution in [-0.2, 0) is 4.79 Å². The molecule has 1 fully saturated rings. The topological polar surface area (TPSA) is 35.6 Å². The van der Waals surface area contributed by atoms with Crippen molar-refractivity contribution in [1.82, 2.24) is 15.1 Å². The van der Waals surface area contributed by atoms with Gasteiger partial charge < -0.3 is 10.2 Å². The van der Waals surface area contributed by atoms with Crippen molar-refractivity contribution in [1.29, 1.82) is 0 Å². The number of hydrogen-bond donors (Lipinski definition) is 1. The van der Waals surface area contributed by atoms with Crippen LogP contribution in [0.2, 0.25) is 0 Å². The Labute approximate surface area is 112 Å². The highest BCUT2D eigenvalue weighted by Gasteiger charge is 2.25. The number of hydrogen-bond acceptors (Lipinski definition) is 3. The van der Waals surface area contributed by atoms with Gasteiger partial charge in [0.2, 0.25) is 5.91 Å². The predicted molar refractivity (Wildman–Crippen MR) is 75.7 cm³/mol. The van der Waals surface area contributed by atoms with Gasteiger partial charge in [-0.3, -0.25) is 9.69 Å². The molecule has 1 heterocycles. The summed E-state index contributed by atoms with van der Waals surface area (Å²) in [7, 11) is 1.93. The molecule has 0 saturated carbocycles. The van der Waals surface area contributed by atoms with E-state index < -0.39 is 0 Å². The molecule has 4 heteroatoms. The van der Waals surface area contributed by atoms with Gasteiger partial charge in [0, 0.05) is 38.6 Å². The van der Waals surface area contributed by atoms with Crippen LogP contribution >= 0.6 is 0 Å². The first-order chi connectivity index (χ1) is 8.54. The molecule has 1 amide bonds. The van der Waals surface area contributed by atoms with Gasteiger partial charge in [0.05, 0.1) is 0 Å². The number of carbonyl (C=O) groups excluding carboxylic acids is 1. The van der Waals surface area contributed by atoms with E-state index >= 15 is 0 Å². The molecule has 0 aromatic heterocycles. The summed E-state index contributed by atoms with van der Waals surface area (Å²) in [6.45, 7) is 10.4. The van der Waals surface area contributed by atoms with Crippen molar-refractivity contribution >= 4 is 5.91 Å². The SMILES string of the molecule is CCN1CCCC1CN(C)C(=O)CCNC(C)C. The first-order valence-electron chi connectivity index (χ1n) is 7.26. The normalized spacial score (nSPS) is 20.6. The molecule has 1 unspecified atom stereocenters. The molecule has 0 aromatic rings. The largest absolute Gasteiger partial charge is 0.344 e. The number of nitrogens with one attached hydrogen (secondary N) is 1. The lowest BCUT2D eigenvalue weighted by Crippen LogP contribution is -2.41. The van der Waals surface area contributed by atoms with E-state index in [-0.39, 0.29) is 5.91 Å². The lowest BCUT2D eigenvalue weighted by molar-refractivity contribution is -0.130. The maximum absolute atomic E-state index is 12.0. The second kappa shape index (κ2) is 7.74. The summed E-state index contributed by atoms with van der Waals surface area (Å²) in [5.41, 5.74) is 0. The van der Waals surface area contributed by atoms with Crippen LogP contribution in [0.4, 0.5) is 0 Å². The first-order valence-corrected chi connectivity index (χ1v) is 7.26. The van der Waals surface area contributed by atoms with E-state index in [4.69, 9.17) is 0 Å². The van der Waals surface area contributed by atoms with Crippen LogP contribution in [0.15, 0.2) is 0 Å². The van der Waals surface area contributed by atoms with Gasteiger partial charge in [0.25, 0.3) is 0 Å². The van der Waals surface area contributed by atoms with E-state index in [1.807, 2.05) is 11.9 Å². The molecular formula is C14H29N3O. The molecule has 1 rings (SSSR count). The van der Waals surface area contributed by atoms with Crippen LogP contribution < -0.4 is 5.32 Å². The molecule has 0 aromatic carbocycles. The average Bonchev–Trinajstić information content (AvgIpc) is 2.75. The van der Waals surface area contributed by atoms with Gasteiger partial charge >= 0.3 is 0 Å². The van der Waals surface area contributed by atoms with Crippen molar-refractivity contribution in [3.05, 3.63) is 0 Å². The van der Waals surface area contributed by atoms with Crippen LogP contribution in [0, 0.1) is 0 Å². The van der Waals surface area contributed by atoms with Crippen molar-refractivity contribution in [2.24, 2.45) is 0 Å². The summed E-state index contributed by atoms with van der Waals surface area (Å²) in [4.78, 5) is 16.4. The number of rotatable bonds is 7.